The summed E-state index contributed by atoms with van der Waals surface area (Å²) in [5.41, 5.74) is 6.25. The fraction of sp³-hybridized carbons (Fsp3) is 0.143. The molecule has 0 heterocycles. The third-order valence-electron chi connectivity index (χ3n) is 2.86. The molecule has 0 saturated carbocycles. The van der Waals surface area contributed by atoms with E-state index in [0.717, 1.165) is 0 Å². The van der Waals surface area contributed by atoms with Crippen molar-refractivity contribution in [1.29, 1.82) is 0 Å². The van der Waals surface area contributed by atoms with Crippen LogP contribution in [0.2, 0.25) is 5.02 Å². The van der Waals surface area contributed by atoms with E-state index in [4.69, 9.17) is 22.1 Å². The average Bonchev–Trinajstić information content (AvgIpc) is 2.45. The van der Waals surface area contributed by atoms with Gasteiger partial charge in [0.15, 0.2) is 0 Å². The lowest BCUT2D eigenvalue weighted by molar-refractivity contribution is -0.385. The number of nitrogens with zero attached hydrogens (tertiary/aromatic N) is 1. The maximum Gasteiger partial charge on any atom is 0.276 e. The van der Waals surface area contributed by atoms with Crippen LogP contribution in [0.15, 0.2) is 36.4 Å². The summed E-state index contributed by atoms with van der Waals surface area (Å²) in [6, 6.07) is 8.16. The molecule has 0 aliphatic heterocycles. The van der Waals surface area contributed by atoms with Gasteiger partial charge in [0.25, 0.3) is 5.69 Å². The highest BCUT2D eigenvalue weighted by molar-refractivity contribution is 6.30. The molecule has 110 valence electrons. The van der Waals surface area contributed by atoms with Gasteiger partial charge in [-0.25, -0.2) is 4.39 Å². The quantitative estimate of drug-likeness (QED) is 0.678. The van der Waals surface area contributed by atoms with Crippen LogP contribution in [-0.2, 0) is 13.2 Å². The molecule has 0 fully saturated rings. The smallest absolute Gasteiger partial charge is 0.276 e. The molecule has 0 aliphatic rings. The standard InChI is InChI=1S/C14H12ClFN2O3/c15-11-1-3-13(18(19)20)10(5-11)8-21-14-4-2-12(16)6-9(14)7-17/h1-6H,7-8,17H2. The molecule has 2 aromatic carbocycles. The van der Waals surface area contributed by atoms with Crippen LogP contribution in [0.25, 0.3) is 0 Å². The highest BCUT2D eigenvalue weighted by Crippen LogP contribution is 2.26. The van der Waals surface area contributed by atoms with E-state index in [1.54, 1.807) is 0 Å². The van der Waals surface area contributed by atoms with Crippen LogP contribution in [0, 0.1) is 15.9 Å². The first-order valence-electron chi connectivity index (χ1n) is 6.05. The summed E-state index contributed by atoms with van der Waals surface area (Å²) in [7, 11) is 0. The molecular formula is C14H12ClFN2O3. The number of benzene rings is 2. The zero-order valence-electron chi connectivity index (χ0n) is 10.9. The maximum absolute atomic E-state index is 13.1. The zero-order chi connectivity index (χ0) is 15.4. The molecule has 2 N–H and O–H groups in total. The second-order valence-corrected chi connectivity index (χ2v) is 4.71. The van der Waals surface area contributed by atoms with Gasteiger partial charge in [-0.15, -0.1) is 0 Å². The number of hydrogen-bond donors (Lipinski definition) is 1. The molecule has 0 aliphatic carbocycles. The molecule has 0 spiro atoms. The van der Waals surface area contributed by atoms with Gasteiger partial charge in [0.2, 0.25) is 0 Å². The van der Waals surface area contributed by atoms with Crippen molar-refractivity contribution < 1.29 is 14.1 Å². The second-order valence-electron chi connectivity index (χ2n) is 4.27. The molecule has 0 aromatic heterocycles. The van der Waals surface area contributed by atoms with E-state index in [2.05, 4.69) is 0 Å². The third-order valence-corrected chi connectivity index (χ3v) is 3.10. The van der Waals surface area contributed by atoms with E-state index in [0.29, 0.717) is 21.9 Å². The Labute approximate surface area is 125 Å². The van der Waals surface area contributed by atoms with Gasteiger partial charge in [-0.3, -0.25) is 10.1 Å². The highest BCUT2D eigenvalue weighted by atomic mass is 35.5. The lowest BCUT2D eigenvalue weighted by atomic mass is 10.1. The Morgan fingerprint density at radius 1 is 1.24 bits per heavy atom. The Morgan fingerprint density at radius 2 is 2.00 bits per heavy atom. The van der Waals surface area contributed by atoms with Crippen LogP contribution in [-0.4, -0.2) is 4.92 Å². The number of nitro groups is 1. The van der Waals surface area contributed by atoms with Crippen LogP contribution >= 0.6 is 11.6 Å². The summed E-state index contributed by atoms with van der Waals surface area (Å²) in [6.07, 6.45) is 0. The molecule has 21 heavy (non-hydrogen) atoms. The van der Waals surface area contributed by atoms with Crippen molar-refractivity contribution in [3.63, 3.8) is 0 Å². The Balaban J connectivity index is 2.24. The van der Waals surface area contributed by atoms with Crippen LogP contribution in [0.4, 0.5) is 10.1 Å². The van der Waals surface area contributed by atoms with Gasteiger partial charge in [0.05, 0.1) is 10.5 Å². The molecule has 0 saturated heterocycles. The number of halogens is 2. The van der Waals surface area contributed by atoms with Crippen LogP contribution < -0.4 is 10.5 Å². The largest absolute Gasteiger partial charge is 0.488 e. The number of rotatable bonds is 5. The van der Waals surface area contributed by atoms with Crippen molar-refractivity contribution in [2.45, 2.75) is 13.2 Å². The summed E-state index contributed by atoms with van der Waals surface area (Å²) in [6.45, 7) is 0.0419. The first kappa shape index (κ1) is 15.2. The molecule has 0 amide bonds. The van der Waals surface area contributed by atoms with E-state index in [1.165, 1.54) is 36.4 Å². The fourth-order valence-electron chi connectivity index (χ4n) is 1.85. The van der Waals surface area contributed by atoms with Crippen molar-refractivity contribution >= 4 is 17.3 Å². The Kier molecular flexibility index (Phi) is 4.72. The zero-order valence-corrected chi connectivity index (χ0v) is 11.6. The topological polar surface area (TPSA) is 78.4 Å². The van der Waals surface area contributed by atoms with Gasteiger partial charge in [-0.1, -0.05) is 11.6 Å². The molecule has 0 unspecified atom stereocenters. The summed E-state index contributed by atoms with van der Waals surface area (Å²) in [5, 5.41) is 11.3. The van der Waals surface area contributed by atoms with Crippen molar-refractivity contribution in [2.24, 2.45) is 5.73 Å². The van der Waals surface area contributed by atoms with Crippen LogP contribution in [0.5, 0.6) is 5.75 Å². The Hall–Kier alpha value is -2.18. The lowest BCUT2D eigenvalue weighted by Crippen LogP contribution is -2.05. The molecule has 0 radical (unpaired) electrons. The summed E-state index contributed by atoms with van der Waals surface area (Å²) in [4.78, 5) is 10.4. The van der Waals surface area contributed by atoms with Crippen LogP contribution in [0.1, 0.15) is 11.1 Å². The van der Waals surface area contributed by atoms with Gasteiger partial charge in [0.1, 0.15) is 18.2 Å². The minimum atomic E-state index is -0.510. The molecule has 2 aromatic rings. The van der Waals surface area contributed by atoms with Crippen molar-refractivity contribution in [1.82, 2.24) is 0 Å². The monoisotopic (exact) mass is 310 g/mol. The Bertz CT molecular complexity index is 679. The maximum atomic E-state index is 13.1. The number of hydrogen-bond acceptors (Lipinski definition) is 4. The minimum Gasteiger partial charge on any atom is -0.488 e. The predicted octanol–water partition coefficient (Wildman–Crippen LogP) is 3.43. The van der Waals surface area contributed by atoms with E-state index in [-0.39, 0.29) is 18.8 Å². The molecular weight excluding hydrogens is 299 g/mol. The lowest BCUT2D eigenvalue weighted by Gasteiger charge is -2.11. The fourth-order valence-corrected chi connectivity index (χ4v) is 2.05. The second kappa shape index (κ2) is 6.51. The van der Waals surface area contributed by atoms with Crippen LogP contribution in [0.3, 0.4) is 0 Å². The van der Waals surface area contributed by atoms with Crippen molar-refractivity contribution in [2.75, 3.05) is 0 Å². The molecule has 0 bridgehead atoms. The number of ether oxygens (including phenoxy) is 1. The van der Waals surface area contributed by atoms with Gasteiger partial charge < -0.3 is 10.5 Å². The number of nitrogens with two attached hydrogens (primary N) is 1. The van der Waals surface area contributed by atoms with E-state index in [1.807, 2.05) is 0 Å². The van der Waals surface area contributed by atoms with E-state index >= 15 is 0 Å². The third kappa shape index (κ3) is 3.68. The van der Waals surface area contributed by atoms with Gasteiger partial charge >= 0.3 is 0 Å². The first-order chi connectivity index (χ1) is 10.0. The van der Waals surface area contributed by atoms with Gasteiger partial charge in [-0.2, -0.15) is 0 Å². The highest BCUT2D eigenvalue weighted by Gasteiger charge is 2.15. The average molecular weight is 311 g/mol. The van der Waals surface area contributed by atoms with Gasteiger partial charge in [-0.05, 0) is 30.3 Å². The van der Waals surface area contributed by atoms with Gasteiger partial charge in [0, 0.05) is 23.2 Å². The van der Waals surface area contributed by atoms with Crippen molar-refractivity contribution in [3.8, 4) is 5.75 Å². The minimum absolute atomic E-state index is 0.0600. The van der Waals surface area contributed by atoms with E-state index < -0.39 is 10.7 Å². The predicted molar refractivity (Wildman–Crippen MR) is 76.7 cm³/mol. The summed E-state index contributed by atoms with van der Waals surface area (Å²) in [5.74, 6) is -0.0373. The normalized spacial score (nSPS) is 10.4. The molecule has 7 heteroatoms. The summed E-state index contributed by atoms with van der Waals surface area (Å²) < 4.78 is 18.6. The number of nitro benzene ring substituents is 1. The summed E-state index contributed by atoms with van der Waals surface area (Å²) >= 11 is 5.83. The molecule has 0 atom stereocenters. The SMILES string of the molecule is NCc1cc(F)ccc1OCc1cc(Cl)ccc1[N+](=O)[O-]. The van der Waals surface area contributed by atoms with Crippen molar-refractivity contribution in [3.05, 3.63) is 68.5 Å². The Morgan fingerprint density at radius 3 is 2.67 bits per heavy atom. The molecule has 5 nitrogen and oxygen atoms in total. The molecule has 2 rings (SSSR count). The first-order valence-corrected chi connectivity index (χ1v) is 6.43. The van der Waals surface area contributed by atoms with E-state index in [9.17, 15) is 14.5 Å².